The van der Waals surface area contributed by atoms with E-state index in [4.69, 9.17) is 9.47 Å². The first-order chi connectivity index (χ1) is 12.4. The van der Waals surface area contributed by atoms with Crippen molar-refractivity contribution >= 4 is 11.9 Å². The van der Waals surface area contributed by atoms with E-state index in [9.17, 15) is 19.8 Å². The van der Waals surface area contributed by atoms with Gasteiger partial charge >= 0.3 is 6.09 Å². The van der Waals surface area contributed by atoms with Crippen LogP contribution in [-0.4, -0.2) is 57.9 Å². The number of aromatic hydroxyl groups is 1. The Bertz CT molecular complexity index is 838. The zero-order valence-electron chi connectivity index (χ0n) is 14.5. The summed E-state index contributed by atoms with van der Waals surface area (Å²) in [5, 5.41) is 22.1. The SMILES string of the molecule is CCOC(=O)N1CCC23c4c5ccc(O)c4OC2C(=O)CCC3(O)C1C5. The summed E-state index contributed by atoms with van der Waals surface area (Å²) < 4.78 is 11.1. The molecule has 2 aliphatic heterocycles. The first-order valence-electron chi connectivity index (χ1n) is 9.14. The minimum atomic E-state index is -1.28. The quantitative estimate of drug-likeness (QED) is 0.784. The van der Waals surface area contributed by atoms with Crippen molar-refractivity contribution in [1.82, 2.24) is 4.90 Å². The maximum Gasteiger partial charge on any atom is 0.410 e. The molecular formula is C19H21NO6. The van der Waals surface area contributed by atoms with Crippen LogP contribution in [0.4, 0.5) is 4.79 Å². The van der Waals surface area contributed by atoms with Crippen LogP contribution in [0.5, 0.6) is 11.5 Å². The molecule has 2 N–H and O–H groups in total. The molecule has 2 heterocycles. The van der Waals surface area contributed by atoms with Crippen LogP contribution in [0, 0.1) is 0 Å². The highest BCUT2D eigenvalue weighted by Crippen LogP contribution is 2.64. The third-order valence-electron chi connectivity index (χ3n) is 6.76. The number of aliphatic hydroxyl groups is 1. The number of phenolic OH excluding ortho intramolecular Hbond substituents is 1. The number of carbonyl (C=O) groups is 2. The van der Waals surface area contributed by atoms with E-state index in [2.05, 4.69) is 0 Å². The maximum absolute atomic E-state index is 12.7. The van der Waals surface area contributed by atoms with E-state index in [0.717, 1.165) is 11.1 Å². The van der Waals surface area contributed by atoms with Crippen molar-refractivity contribution in [1.29, 1.82) is 0 Å². The number of likely N-dealkylation sites (tertiary alicyclic amines) is 1. The molecular weight excluding hydrogens is 338 g/mol. The molecule has 2 aliphatic carbocycles. The van der Waals surface area contributed by atoms with Gasteiger partial charge in [-0.15, -0.1) is 0 Å². The second-order valence-electron chi connectivity index (χ2n) is 7.67. The molecule has 4 unspecified atom stereocenters. The van der Waals surface area contributed by atoms with Gasteiger partial charge in [-0.3, -0.25) is 4.79 Å². The summed E-state index contributed by atoms with van der Waals surface area (Å²) in [5.41, 5.74) is -0.503. The van der Waals surface area contributed by atoms with E-state index in [1.165, 1.54) is 0 Å². The summed E-state index contributed by atoms with van der Waals surface area (Å²) in [7, 11) is 0. The first-order valence-corrected chi connectivity index (χ1v) is 9.14. The van der Waals surface area contributed by atoms with Crippen LogP contribution in [0.25, 0.3) is 0 Å². The zero-order valence-corrected chi connectivity index (χ0v) is 14.5. The maximum atomic E-state index is 12.7. The number of rotatable bonds is 1. The highest BCUT2D eigenvalue weighted by Gasteiger charge is 2.73. The fourth-order valence-corrected chi connectivity index (χ4v) is 5.75. The van der Waals surface area contributed by atoms with Crippen LogP contribution < -0.4 is 4.74 Å². The van der Waals surface area contributed by atoms with E-state index in [0.29, 0.717) is 25.1 Å². The highest BCUT2D eigenvalue weighted by atomic mass is 16.6. The summed E-state index contributed by atoms with van der Waals surface area (Å²) >= 11 is 0. The molecule has 1 saturated heterocycles. The van der Waals surface area contributed by atoms with Crippen LogP contribution in [0.3, 0.4) is 0 Å². The average Bonchev–Trinajstić information content (AvgIpc) is 2.96. The summed E-state index contributed by atoms with van der Waals surface area (Å²) in [5.74, 6) is 0.264. The Morgan fingerprint density at radius 2 is 2.23 bits per heavy atom. The number of hydrogen-bond acceptors (Lipinski definition) is 6. The Kier molecular flexibility index (Phi) is 3.01. The first kappa shape index (κ1) is 15.9. The molecule has 26 heavy (non-hydrogen) atoms. The standard InChI is InChI=1S/C19H21NO6/c1-2-25-17(23)20-8-7-18-14-10-3-4-11(21)15(14)26-16(18)12(22)5-6-19(18,24)13(20)9-10/h3-4,13,16,21,24H,2,5-9H2,1H3. The van der Waals surface area contributed by atoms with Crippen LogP contribution in [0.2, 0.25) is 0 Å². The van der Waals surface area contributed by atoms with Crippen molar-refractivity contribution in [3.63, 3.8) is 0 Å². The van der Waals surface area contributed by atoms with Crippen LogP contribution in [0.1, 0.15) is 37.3 Å². The Morgan fingerprint density at radius 3 is 3.00 bits per heavy atom. The van der Waals surface area contributed by atoms with Crippen LogP contribution in [0.15, 0.2) is 12.1 Å². The number of phenols is 1. The minimum absolute atomic E-state index is 0.00560. The van der Waals surface area contributed by atoms with Crippen LogP contribution in [-0.2, 0) is 21.4 Å². The van der Waals surface area contributed by atoms with Gasteiger partial charge in [0.2, 0.25) is 0 Å². The van der Waals surface area contributed by atoms with Crippen LogP contribution >= 0.6 is 0 Å². The molecule has 1 spiro atoms. The third kappa shape index (κ3) is 1.58. The lowest BCUT2D eigenvalue weighted by Gasteiger charge is -2.61. The Morgan fingerprint density at radius 1 is 1.42 bits per heavy atom. The van der Waals surface area contributed by atoms with E-state index >= 15 is 0 Å². The van der Waals surface area contributed by atoms with Gasteiger partial charge in [0.25, 0.3) is 0 Å². The zero-order chi connectivity index (χ0) is 18.3. The predicted molar refractivity (Wildman–Crippen MR) is 89.2 cm³/mol. The van der Waals surface area contributed by atoms with Gasteiger partial charge in [0.1, 0.15) is 0 Å². The molecule has 4 atom stereocenters. The minimum Gasteiger partial charge on any atom is -0.504 e. The molecule has 5 rings (SSSR count). The topological polar surface area (TPSA) is 96.3 Å². The Hall–Kier alpha value is -2.28. The fraction of sp³-hybridized carbons (Fsp3) is 0.579. The van der Waals surface area contributed by atoms with E-state index in [1.54, 1.807) is 17.9 Å². The Balaban J connectivity index is 1.73. The van der Waals surface area contributed by atoms with E-state index in [-0.39, 0.29) is 31.0 Å². The van der Waals surface area contributed by atoms with Gasteiger partial charge in [-0.05, 0) is 37.8 Å². The molecule has 4 aliphatic rings. The van der Waals surface area contributed by atoms with Crippen molar-refractivity contribution in [2.45, 2.75) is 55.8 Å². The van der Waals surface area contributed by atoms with Gasteiger partial charge in [0.15, 0.2) is 23.4 Å². The van der Waals surface area contributed by atoms with Gasteiger partial charge in [-0.2, -0.15) is 0 Å². The van der Waals surface area contributed by atoms with Gasteiger partial charge in [-0.25, -0.2) is 4.79 Å². The molecule has 7 nitrogen and oxygen atoms in total. The molecule has 0 aromatic heterocycles. The lowest BCUT2D eigenvalue weighted by atomic mass is 9.49. The number of nitrogens with zero attached hydrogens (tertiary/aromatic N) is 1. The van der Waals surface area contributed by atoms with Crippen molar-refractivity contribution in [3.8, 4) is 11.5 Å². The largest absolute Gasteiger partial charge is 0.504 e. The number of piperidine rings is 1. The number of ether oxygens (including phenoxy) is 2. The molecule has 1 aromatic carbocycles. The monoisotopic (exact) mass is 359 g/mol. The molecule has 2 bridgehead atoms. The number of hydrogen-bond donors (Lipinski definition) is 2. The van der Waals surface area contributed by atoms with Crippen molar-refractivity contribution in [2.75, 3.05) is 13.2 Å². The van der Waals surface area contributed by atoms with Gasteiger partial charge in [0.05, 0.1) is 23.7 Å². The van der Waals surface area contributed by atoms with Crippen molar-refractivity contribution < 1.29 is 29.3 Å². The predicted octanol–water partition coefficient (Wildman–Crippen LogP) is 1.27. The lowest BCUT2D eigenvalue weighted by molar-refractivity contribution is -0.183. The molecule has 138 valence electrons. The number of amides is 1. The van der Waals surface area contributed by atoms with Crippen molar-refractivity contribution in [2.24, 2.45) is 0 Å². The molecule has 1 saturated carbocycles. The average molecular weight is 359 g/mol. The molecule has 1 aromatic rings. The summed E-state index contributed by atoms with van der Waals surface area (Å²) in [4.78, 5) is 26.8. The molecule has 2 fully saturated rings. The lowest BCUT2D eigenvalue weighted by Crippen LogP contribution is -2.77. The summed E-state index contributed by atoms with van der Waals surface area (Å²) in [6.07, 6.45) is 0.0786. The normalized spacial score (nSPS) is 36.4. The van der Waals surface area contributed by atoms with Gasteiger partial charge < -0.3 is 24.6 Å². The second kappa shape index (κ2) is 4.91. The van der Waals surface area contributed by atoms with Gasteiger partial charge in [0, 0.05) is 18.5 Å². The fourth-order valence-electron chi connectivity index (χ4n) is 5.75. The number of Topliss-reactive ketones (excluding diaryl/α,β-unsaturated/α-hetero) is 1. The van der Waals surface area contributed by atoms with E-state index < -0.39 is 29.3 Å². The van der Waals surface area contributed by atoms with Gasteiger partial charge in [-0.1, -0.05) is 6.07 Å². The second-order valence-corrected chi connectivity index (χ2v) is 7.67. The summed E-state index contributed by atoms with van der Waals surface area (Å²) in [6.45, 7) is 2.40. The Labute approximate surface area is 150 Å². The molecule has 7 heteroatoms. The van der Waals surface area contributed by atoms with E-state index in [1.807, 2.05) is 6.07 Å². The van der Waals surface area contributed by atoms with Crippen molar-refractivity contribution in [3.05, 3.63) is 23.3 Å². The highest BCUT2D eigenvalue weighted by molar-refractivity contribution is 5.90. The summed E-state index contributed by atoms with van der Waals surface area (Å²) in [6, 6.07) is 2.89. The third-order valence-corrected chi connectivity index (χ3v) is 6.76. The molecule has 1 amide bonds. The number of carbonyl (C=O) groups excluding carboxylic acids is 2. The smallest absolute Gasteiger partial charge is 0.410 e. The number of benzene rings is 1. The molecule has 0 radical (unpaired) electrons. The number of ketones is 1.